The van der Waals surface area contributed by atoms with E-state index >= 15 is 0 Å². The summed E-state index contributed by atoms with van der Waals surface area (Å²) in [5.74, 6) is 2.36. The highest BCUT2D eigenvalue weighted by atomic mass is 15.2. The Morgan fingerprint density at radius 2 is 0.708 bits per heavy atom. The lowest BCUT2D eigenvalue weighted by Gasteiger charge is -2.22. The van der Waals surface area contributed by atoms with Crippen LogP contribution in [0.15, 0.2) is 231 Å². The summed E-state index contributed by atoms with van der Waals surface area (Å²) < 4.78 is 2.17. The van der Waals surface area contributed by atoms with Crippen molar-refractivity contribution in [2.45, 2.75) is 0 Å². The molecular formula is C59H38N6. The predicted molar refractivity (Wildman–Crippen MR) is 265 cm³/mol. The zero-order valence-corrected chi connectivity index (χ0v) is 35.1. The van der Waals surface area contributed by atoms with E-state index in [2.05, 4.69) is 199 Å². The molecule has 9 aromatic carbocycles. The fourth-order valence-corrected chi connectivity index (χ4v) is 9.19. The second kappa shape index (κ2) is 16.1. The highest BCUT2D eigenvalue weighted by Crippen LogP contribution is 2.47. The molecule has 0 fully saturated rings. The van der Waals surface area contributed by atoms with Gasteiger partial charge in [0.25, 0.3) is 0 Å². The Bertz CT molecular complexity index is 3650. The second-order valence-electron chi connectivity index (χ2n) is 16.0. The Labute approximate surface area is 375 Å². The Morgan fingerprint density at radius 1 is 0.262 bits per heavy atom. The van der Waals surface area contributed by atoms with Crippen molar-refractivity contribution in [2.24, 2.45) is 0 Å². The van der Waals surface area contributed by atoms with E-state index in [1.165, 1.54) is 0 Å². The van der Waals surface area contributed by atoms with Gasteiger partial charge in [0.2, 0.25) is 5.95 Å². The molecule has 0 amide bonds. The largest absolute Gasteiger partial charge is 0.278 e. The predicted octanol–water partition coefficient (Wildman–Crippen LogP) is 14.6. The lowest BCUT2D eigenvalue weighted by atomic mass is 9.83. The molecule has 0 bridgehead atoms. The summed E-state index contributed by atoms with van der Waals surface area (Å²) in [6, 6.07) is 79.8. The number of rotatable bonds is 8. The molecule has 65 heavy (non-hydrogen) atoms. The molecule has 3 heterocycles. The van der Waals surface area contributed by atoms with Crippen LogP contribution in [0.5, 0.6) is 0 Å². The molecule has 6 heteroatoms. The Balaban J connectivity index is 1.15. The molecule has 0 unspecified atom stereocenters. The summed E-state index contributed by atoms with van der Waals surface area (Å²) in [4.78, 5) is 26.6. The molecule has 6 nitrogen and oxygen atoms in total. The third kappa shape index (κ3) is 6.72. The molecule has 0 spiro atoms. The smallest absolute Gasteiger partial charge is 0.238 e. The van der Waals surface area contributed by atoms with Crippen LogP contribution in [0.3, 0.4) is 0 Å². The van der Waals surface area contributed by atoms with Crippen LogP contribution in [0.25, 0.3) is 117 Å². The molecule has 12 rings (SSSR count). The van der Waals surface area contributed by atoms with Crippen LogP contribution in [0.1, 0.15) is 0 Å². The van der Waals surface area contributed by atoms with E-state index < -0.39 is 0 Å². The molecule has 0 aliphatic rings. The van der Waals surface area contributed by atoms with Crippen LogP contribution < -0.4 is 0 Å². The molecule has 0 aliphatic heterocycles. The third-order valence-corrected chi connectivity index (χ3v) is 12.1. The van der Waals surface area contributed by atoms with Gasteiger partial charge in [0.15, 0.2) is 17.5 Å². The highest BCUT2D eigenvalue weighted by Gasteiger charge is 2.25. The van der Waals surface area contributed by atoms with Crippen molar-refractivity contribution in [3.8, 4) is 84.7 Å². The maximum absolute atomic E-state index is 5.45. The van der Waals surface area contributed by atoms with Crippen LogP contribution in [0.4, 0.5) is 0 Å². The van der Waals surface area contributed by atoms with Gasteiger partial charge in [-0.05, 0) is 52.1 Å². The molecule has 0 radical (unpaired) electrons. The molecule has 0 N–H and O–H groups in total. The van der Waals surface area contributed by atoms with Gasteiger partial charge in [-0.3, -0.25) is 4.57 Å². The van der Waals surface area contributed by atoms with Crippen molar-refractivity contribution in [1.82, 2.24) is 29.5 Å². The quantitative estimate of drug-likeness (QED) is 0.153. The molecule has 0 saturated heterocycles. The number of para-hydroxylation sites is 3. The molecule has 304 valence electrons. The zero-order chi connectivity index (χ0) is 43.1. The monoisotopic (exact) mass is 830 g/mol. The van der Waals surface area contributed by atoms with Gasteiger partial charge in [0.1, 0.15) is 0 Å². The van der Waals surface area contributed by atoms with E-state index in [0.717, 1.165) is 94.0 Å². The standard InChI is InChI=1S/C59H38N6/c1-5-21-39(22-6-1)53-46(43-29-13-14-32-47(43)57-60-50-34-18-15-33-48(50)55(61-57)41-25-9-3-10-26-41)37-38-49(54(53)40-23-7-2-8-24-40)58-62-56(42-27-11-4-12-28-42)63-59(64-58)65-51-35-19-16-30-44(51)45-31-17-20-36-52(45)65/h1-38H. The third-order valence-electron chi connectivity index (χ3n) is 12.1. The van der Waals surface area contributed by atoms with Crippen LogP contribution in [0.2, 0.25) is 0 Å². The molecular weight excluding hydrogens is 793 g/mol. The van der Waals surface area contributed by atoms with E-state index in [1.54, 1.807) is 0 Å². The first-order valence-corrected chi connectivity index (χ1v) is 21.8. The second-order valence-corrected chi connectivity index (χ2v) is 16.0. The van der Waals surface area contributed by atoms with E-state index in [1.807, 2.05) is 36.4 Å². The highest BCUT2D eigenvalue weighted by molar-refractivity contribution is 6.09. The average Bonchev–Trinajstić information content (AvgIpc) is 3.73. The SMILES string of the molecule is c1ccc(-c2nc(-c3ccc(-c4ccccc4-c4nc(-c5ccccc5)c5ccccc5n4)c(-c4ccccc4)c3-c3ccccc3)nc(-n3c4ccccc4c4ccccc43)n2)cc1. The maximum atomic E-state index is 5.45. The molecule has 0 atom stereocenters. The number of nitrogens with zero attached hydrogens (tertiary/aromatic N) is 6. The normalized spacial score (nSPS) is 11.4. The Morgan fingerprint density at radius 3 is 1.34 bits per heavy atom. The van der Waals surface area contributed by atoms with Crippen LogP contribution in [-0.2, 0) is 0 Å². The summed E-state index contributed by atoms with van der Waals surface area (Å²) >= 11 is 0. The van der Waals surface area contributed by atoms with E-state index in [9.17, 15) is 0 Å². The van der Waals surface area contributed by atoms with Gasteiger partial charge in [0, 0.05) is 44.0 Å². The number of hydrogen-bond acceptors (Lipinski definition) is 5. The van der Waals surface area contributed by atoms with Crippen molar-refractivity contribution in [1.29, 1.82) is 0 Å². The lowest BCUT2D eigenvalue weighted by molar-refractivity contribution is 0.954. The molecule has 0 aliphatic carbocycles. The lowest BCUT2D eigenvalue weighted by Crippen LogP contribution is -2.07. The first-order chi connectivity index (χ1) is 32.3. The maximum Gasteiger partial charge on any atom is 0.238 e. The van der Waals surface area contributed by atoms with Crippen molar-refractivity contribution in [3.63, 3.8) is 0 Å². The van der Waals surface area contributed by atoms with E-state index in [-0.39, 0.29) is 0 Å². The summed E-state index contributed by atoms with van der Waals surface area (Å²) in [6.07, 6.45) is 0. The van der Waals surface area contributed by atoms with Crippen molar-refractivity contribution in [3.05, 3.63) is 231 Å². The zero-order valence-electron chi connectivity index (χ0n) is 35.1. The number of benzene rings is 9. The number of aromatic nitrogens is 6. The summed E-state index contributed by atoms with van der Waals surface area (Å²) in [7, 11) is 0. The van der Waals surface area contributed by atoms with E-state index in [0.29, 0.717) is 23.4 Å². The van der Waals surface area contributed by atoms with Gasteiger partial charge in [-0.2, -0.15) is 9.97 Å². The fourth-order valence-electron chi connectivity index (χ4n) is 9.19. The van der Waals surface area contributed by atoms with Crippen molar-refractivity contribution < 1.29 is 0 Å². The summed E-state index contributed by atoms with van der Waals surface area (Å²) in [5.41, 5.74) is 13.8. The van der Waals surface area contributed by atoms with Crippen LogP contribution >= 0.6 is 0 Å². The van der Waals surface area contributed by atoms with Gasteiger partial charge in [-0.15, -0.1) is 0 Å². The summed E-state index contributed by atoms with van der Waals surface area (Å²) in [5, 5.41) is 3.28. The first kappa shape index (κ1) is 37.9. The van der Waals surface area contributed by atoms with Crippen LogP contribution in [0, 0.1) is 0 Å². The summed E-state index contributed by atoms with van der Waals surface area (Å²) in [6.45, 7) is 0. The van der Waals surface area contributed by atoms with Gasteiger partial charge < -0.3 is 0 Å². The average molecular weight is 831 g/mol. The van der Waals surface area contributed by atoms with Crippen LogP contribution in [-0.4, -0.2) is 29.5 Å². The minimum atomic E-state index is 0.545. The fraction of sp³-hybridized carbons (Fsp3) is 0. The molecule has 12 aromatic rings. The van der Waals surface area contributed by atoms with Crippen molar-refractivity contribution in [2.75, 3.05) is 0 Å². The van der Waals surface area contributed by atoms with Gasteiger partial charge in [0.05, 0.1) is 22.2 Å². The Hall–Kier alpha value is -8.87. The first-order valence-electron chi connectivity index (χ1n) is 21.8. The van der Waals surface area contributed by atoms with Gasteiger partial charge in [-0.1, -0.05) is 206 Å². The van der Waals surface area contributed by atoms with Gasteiger partial charge >= 0.3 is 0 Å². The Kier molecular flexibility index (Phi) is 9.38. The van der Waals surface area contributed by atoms with Crippen molar-refractivity contribution >= 4 is 32.7 Å². The minimum absolute atomic E-state index is 0.545. The number of fused-ring (bicyclic) bond motifs is 4. The van der Waals surface area contributed by atoms with Gasteiger partial charge in [-0.25, -0.2) is 15.0 Å². The minimum Gasteiger partial charge on any atom is -0.278 e. The molecule has 3 aromatic heterocycles. The van der Waals surface area contributed by atoms with E-state index in [4.69, 9.17) is 24.9 Å². The molecule has 0 saturated carbocycles. The topological polar surface area (TPSA) is 69.4 Å². The number of hydrogen-bond donors (Lipinski definition) is 0.